The molecule has 5 rings (SSSR count). The maximum Gasteiger partial charge on any atom is 0.282 e. The fourth-order valence-corrected chi connectivity index (χ4v) is 4.61. The number of aromatic nitrogens is 1. The number of carbonyl (C=O) groups excluding carboxylic acids is 1. The van der Waals surface area contributed by atoms with Crippen molar-refractivity contribution in [2.75, 3.05) is 18.8 Å². The number of anilines is 1. The minimum absolute atomic E-state index is 0.0540. The summed E-state index contributed by atoms with van der Waals surface area (Å²) in [5.74, 6) is 0.428. The Morgan fingerprint density at radius 2 is 1.88 bits per heavy atom. The lowest BCUT2D eigenvalue weighted by Crippen LogP contribution is -2.16. The Labute approximate surface area is 206 Å². The Morgan fingerprint density at radius 1 is 1.09 bits per heavy atom. The number of para-hydroxylation sites is 1. The van der Waals surface area contributed by atoms with Crippen molar-refractivity contribution in [1.29, 1.82) is 0 Å². The number of rotatable bonds is 6. The summed E-state index contributed by atoms with van der Waals surface area (Å²) < 4.78 is 13.2. The molecule has 0 fully saturated rings. The number of hydrogen-bond donors (Lipinski definition) is 0. The predicted molar refractivity (Wildman–Crippen MR) is 135 cm³/mol. The highest BCUT2D eigenvalue weighted by atomic mass is 35.5. The van der Waals surface area contributed by atoms with Crippen LogP contribution >= 0.6 is 23.2 Å². The van der Waals surface area contributed by atoms with Gasteiger partial charge in [0.1, 0.15) is 5.75 Å². The fraction of sp³-hybridized carbons (Fsp3) is 0.154. The molecular formula is C26H21Cl2N3O3. The molecule has 0 radical (unpaired) electrons. The lowest BCUT2D eigenvalue weighted by Gasteiger charge is -2.11. The summed E-state index contributed by atoms with van der Waals surface area (Å²) in [6, 6.07) is 20.7. The van der Waals surface area contributed by atoms with Crippen molar-refractivity contribution in [2.45, 2.75) is 13.5 Å². The van der Waals surface area contributed by atoms with Gasteiger partial charge in [0.2, 0.25) is 0 Å². The molecule has 3 aromatic carbocycles. The van der Waals surface area contributed by atoms with Crippen LogP contribution in [-0.2, 0) is 11.3 Å². The fourth-order valence-electron chi connectivity index (χ4n) is 4.14. The zero-order chi connectivity index (χ0) is 23.8. The Bertz CT molecular complexity index is 1430. The predicted octanol–water partition coefficient (Wildman–Crippen LogP) is 6.30. The van der Waals surface area contributed by atoms with Crippen molar-refractivity contribution in [3.8, 4) is 5.75 Å². The number of fused-ring (bicyclic) bond motifs is 1. The molecule has 0 N–H and O–H groups in total. The lowest BCUT2D eigenvalue weighted by molar-refractivity contribution is 0.103. The molecular weight excluding hydrogens is 473 g/mol. The van der Waals surface area contributed by atoms with Crippen molar-refractivity contribution in [3.05, 3.63) is 93.6 Å². The van der Waals surface area contributed by atoms with Crippen LogP contribution in [0.1, 0.15) is 21.6 Å². The zero-order valence-corrected chi connectivity index (χ0v) is 20.1. The van der Waals surface area contributed by atoms with Crippen molar-refractivity contribution in [3.63, 3.8) is 0 Å². The number of methoxy groups -OCH3 is 1. The van der Waals surface area contributed by atoms with Gasteiger partial charge in [0, 0.05) is 33.2 Å². The van der Waals surface area contributed by atoms with Gasteiger partial charge in [-0.25, -0.2) is 5.01 Å². The van der Waals surface area contributed by atoms with Crippen LogP contribution in [0, 0.1) is 6.92 Å². The summed E-state index contributed by atoms with van der Waals surface area (Å²) in [5, 5.41) is 8.01. The minimum atomic E-state index is -0.282. The molecule has 0 amide bonds. The Balaban J connectivity index is 1.59. The number of ketones is 1. The second kappa shape index (κ2) is 9.05. The van der Waals surface area contributed by atoms with Gasteiger partial charge in [0.05, 0.1) is 18.4 Å². The molecule has 0 unspecified atom stereocenters. The van der Waals surface area contributed by atoms with E-state index >= 15 is 0 Å². The number of hydrogen-bond acceptors (Lipinski definition) is 5. The first-order valence-electron chi connectivity index (χ1n) is 10.7. The first-order chi connectivity index (χ1) is 16.5. The van der Waals surface area contributed by atoms with E-state index in [1.54, 1.807) is 24.3 Å². The Kier molecular flexibility index (Phi) is 5.94. The number of Topliss-reactive ketones (excluding diaryl/α,β-unsaturated/α-hetero) is 1. The second-order valence-corrected chi connectivity index (χ2v) is 8.75. The van der Waals surface area contributed by atoms with Crippen LogP contribution in [0.25, 0.3) is 10.9 Å². The van der Waals surface area contributed by atoms with E-state index in [0.717, 1.165) is 27.8 Å². The summed E-state index contributed by atoms with van der Waals surface area (Å²) >= 11 is 12.5. The average molecular weight is 494 g/mol. The molecule has 1 aliphatic heterocycles. The normalized spacial score (nSPS) is 13.2. The van der Waals surface area contributed by atoms with Gasteiger partial charge in [0.15, 0.2) is 6.73 Å². The van der Waals surface area contributed by atoms with E-state index in [1.807, 2.05) is 61.5 Å². The number of benzene rings is 3. The van der Waals surface area contributed by atoms with Crippen LogP contribution in [0.3, 0.4) is 0 Å². The number of ether oxygens (including phenoxy) is 2. The molecule has 34 heavy (non-hydrogen) atoms. The molecule has 0 spiro atoms. The summed E-state index contributed by atoms with van der Waals surface area (Å²) in [7, 11) is 1.60. The molecule has 0 aliphatic carbocycles. The molecule has 1 aromatic heterocycles. The largest absolute Gasteiger partial charge is 0.497 e. The molecule has 6 nitrogen and oxygen atoms in total. The highest BCUT2D eigenvalue weighted by molar-refractivity contribution is 6.46. The highest BCUT2D eigenvalue weighted by Crippen LogP contribution is 2.33. The molecule has 0 saturated carbocycles. The van der Waals surface area contributed by atoms with Gasteiger partial charge in [0.25, 0.3) is 11.7 Å². The topological polar surface area (TPSA) is 56.1 Å². The molecule has 172 valence electrons. The first-order valence-corrected chi connectivity index (χ1v) is 11.4. The van der Waals surface area contributed by atoms with Gasteiger partial charge in [-0.15, -0.1) is 5.10 Å². The van der Waals surface area contributed by atoms with Crippen LogP contribution in [0.4, 0.5) is 5.69 Å². The van der Waals surface area contributed by atoms with E-state index in [1.165, 1.54) is 0 Å². The highest BCUT2D eigenvalue weighted by Gasteiger charge is 2.29. The number of halogens is 2. The smallest absolute Gasteiger partial charge is 0.282 e. The SMILES string of the molecule is COc1ccc2c(c1)c(C(=O)C1=NN(c3ccccc3)CO1)c(C)n2Cc1ccc(Cl)cc1Cl. The van der Waals surface area contributed by atoms with E-state index in [2.05, 4.69) is 9.67 Å². The molecule has 8 heteroatoms. The monoisotopic (exact) mass is 493 g/mol. The van der Waals surface area contributed by atoms with E-state index in [0.29, 0.717) is 27.9 Å². The molecule has 4 aromatic rings. The van der Waals surface area contributed by atoms with Gasteiger partial charge >= 0.3 is 0 Å². The van der Waals surface area contributed by atoms with E-state index in [9.17, 15) is 4.79 Å². The minimum Gasteiger partial charge on any atom is -0.497 e. The molecule has 0 saturated heterocycles. The van der Waals surface area contributed by atoms with Gasteiger partial charge in [-0.05, 0) is 55.0 Å². The summed E-state index contributed by atoms with van der Waals surface area (Å²) in [5.41, 5.74) is 3.93. The third-order valence-corrected chi connectivity index (χ3v) is 6.47. The molecule has 0 bridgehead atoms. The van der Waals surface area contributed by atoms with E-state index in [-0.39, 0.29) is 18.4 Å². The van der Waals surface area contributed by atoms with Gasteiger partial charge in [-0.1, -0.05) is 47.5 Å². The molecule has 2 heterocycles. The third-order valence-electron chi connectivity index (χ3n) is 5.88. The summed E-state index contributed by atoms with van der Waals surface area (Å²) in [4.78, 5) is 13.7. The van der Waals surface area contributed by atoms with Crippen molar-refractivity contribution >= 4 is 51.5 Å². The van der Waals surface area contributed by atoms with E-state index < -0.39 is 0 Å². The Morgan fingerprint density at radius 3 is 2.62 bits per heavy atom. The lowest BCUT2D eigenvalue weighted by atomic mass is 10.1. The Hall–Kier alpha value is -3.48. The van der Waals surface area contributed by atoms with Gasteiger partial charge in [-0.3, -0.25) is 4.79 Å². The number of hydrazone groups is 1. The summed E-state index contributed by atoms with van der Waals surface area (Å²) in [6.07, 6.45) is 0. The molecule has 1 aliphatic rings. The van der Waals surface area contributed by atoms with E-state index in [4.69, 9.17) is 32.7 Å². The van der Waals surface area contributed by atoms with Crippen LogP contribution in [-0.4, -0.2) is 30.1 Å². The second-order valence-electron chi connectivity index (χ2n) is 7.91. The maximum absolute atomic E-state index is 13.7. The number of carbonyl (C=O) groups is 1. The van der Waals surface area contributed by atoms with Crippen molar-refractivity contribution in [1.82, 2.24) is 4.57 Å². The average Bonchev–Trinajstić information content (AvgIpc) is 3.44. The van der Waals surface area contributed by atoms with Crippen LogP contribution in [0.5, 0.6) is 5.75 Å². The zero-order valence-electron chi connectivity index (χ0n) is 18.6. The van der Waals surface area contributed by atoms with Crippen LogP contribution < -0.4 is 9.75 Å². The van der Waals surface area contributed by atoms with Crippen molar-refractivity contribution in [2.24, 2.45) is 5.10 Å². The third kappa shape index (κ3) is 4.00. The van der Waals surface area contributed by atoms with Crippen LogP contribution in [0.2, 0.25) is 10.0 Å². The summed E-state index contributed by atoms with van der Waals surface area (Å²) in [6.45, 7) is 2.56. The maximum atomic E-state index is 13.7. The quantitative estimate of drug-likeness (QED) is 0.295. The van der Waals surface area contributed by atoms with Crippen LogP contribution in [0.15, 0.2) is 71.8 Å². The molecule has 0 atom stereocenters. The van der Waals surface area contributed by atoms with Gasteiger partial charge in [-0.2, -0.15) is 0 Å². The standard InChI is InChI=1S/C26H21Cl2N3O3/c1-16-24(25(32)26-29-31(15-34-26)19-6-4-3-5-7-19)21-13-20(33-2)10-11-23(21)30(16)14-17-8-9-18(27)12-22(17)28/h3-13H,14-15H2,1-2H3. The van der Waals surface area contributed by atoms with Gasteiger partial charge < -0.3 is 14.0 Å². The number of nitrogens with zero attached hydrogens (tertiary/aromatic N) is 3. The first kappa shape index (κ1) is 22.3. The van der Waals surface area contributed by atoms with Crippen molar-refractivity contribution < 1.29 is 14.3 Å².